The maximum Gasteiger partial charge on any atom is 0.286 e. The van der Waals surface area contributed by atoms with Crippen LogP contribution in [0.3, 0.4) is 0 Å². The number of thioether (sulfide) groups is 1. The molecule has 0 saturated carbocycles. The number of amides is 2. The van der Waals surface area contributed by atoms with Crippen molar-refractivity contribution in [1.29, 1.82) is 0 Å². The molecule has 1 fully saturated rings. The second kappa shape index (κ2) is 12.5. The number of imide groups is 1. The van der Waals surface area contributed by atoms with Crippen LogP contribution in [0.4, 0.5) is 4.79 Å². The Morgan fingerprint density at radius 1 is 0.857 bits per heavy atom. The van der Waals surface area contributed by atoms with Gasteiger partial charge in [0.05, 0.1) is 6.61 Å². The van der Waals surface area contributed by atoms with Crippen molar-refractivity contribution in [3.63, 3.8) is 0 Å². The van der Waals surface area contributed by atoms with Crippen LogP contribution in [0.2, 0.25) is 0 Å². The number of hydrogen-bond donors (Lipinski definition) is 1. The standard InChI is InChI=1S/C29H31NO4S/c1-2-10-22-20-25(34-24-14-6-3-7-15-24)16-17-26(22)33-18-8-4-5-11-21-12-9-13-23(19-21)27-28(31)30-29(32)35-27/h3,6-7,9,12-17,19-20,27H,2,4-5,8,10-11,18H2,1H3,(H,30,31,32). The van der Waals surface area contributed by atoms with Crippen molar-refractivity contribution >= 4 is 22.9 Å². The number of ether oxygens (including phenoxy) is 2. The SMILES string of the molecule is CCCc1cc(Oc2ccccc2)ccc1OCCCCCc1cccc(C2SC(=O)NC2=O)c1. The summed E-state index contributed by atoms with van der Waals surface area (Å²) in [6.45, 7) is 2.84. The minimum Gasteiger partial charge on any atom is -0.493 e. The van der Waals surface area contributed by atoms with Gasteiger partial charge in [-0.15, -0.1) is 0 Å². The fraction of sp³-hybridized carbons (Fsp3) is 0.310. The van der Waals surface area contributed by atoms with E-state index in [9.17, 15) is 9.59 Å². The van der Waals surface area contributed by atoms with Gasteiger partial charge < -0.3 is 9.47 Å². The predicted molar refractivity (Wildman–Crippen MR) is 140 cm³/mol. The number of unbranched alkanes of at least 4 members (excludes halogenated alkanes) is 2. The summed E-state index contributed by atoms with van der Waals surface area (Å²) in [5.74, 6) is 2.36. The fourth-order valence-electron chi connectivity index (χ4n) is 4.13. The van der Waals surface area contributed by atoms with Crippen molar-refractivity contribution < 1.29 is 19.1 Å². The Bertz CT molecular complexity index is 1150. The summed E-state index contributed by atoms with van der Waals surface area (Å²) < 4.78 is 12.1. The quantitative estimate of drug-likeness (QED) is 0.272. The van der Waals surface area contributed by atoms with Crippen molar-refractivity contribution in [3.05, 3.63) is 89.5 Å². The monoisotopic (exact) mass is 489 g/mol. The lowest BCUT2D eigenvalue weighted by atomic mass is 10.0. The smallest absolute Gasteiger partial charge is 0.286 e. The maximum absolute atomic E-state index is 11.9. The molecule has 1 N–H and O–H groups in total. The lowest BCUT2D eigenvalue weighted by Crippen LogP contribution is -2.20. The van der Waals surface area contributed by atoms with Crippen molar-refractivity contribution in [2.75, 3.05) is 6.61 Å². The molecule has 1 aliphatic rings. The highest BCUT2D eigenvalue weighted by Crippen LogP contribution is 2.34. The molecule has 3 aromatic rings. The van der Waals surface area contributed by atoms with E-state index in [1.54, 1.807) is 0 Å². The van der Waals surface area contributed by atoms with E-state index in [2.05, 4.69) is 24.4 Å². The van der Waals surface area contributed by atoms with Gasteiger partial charge in [-0.1, -0.05) is 55.8 Å². The van der Waals surface area contributed by atoms with Gasteiger partial charge in [0, 0.05) is 0 Å². The van der Waals surface area contributed by atoms with Crippen LogP contribution in [0.25, 0.3) is 0 Å². The fourth-order valence-corrected chi connectivity index (χ4v) is 4.95. The molecule has 1 atom stereocenters. The van der Waals surface area contributed by atoms with Gasteiger partial charge in [-0.05, 0) is 90.9 Å². The molecule has 0 bridgehead atoms. The molecular weight excluding hydrogens is 458 g/mol. The summed E-state index contributed by atoms with van der Waals surface area (Å²) in [7, 11) is 0. The van der Waals surface area contributed by atoms with Gasteiger partial charge in [0.2, 0.25) is 5.91 Å². The first-order chi connectivity index (χ1) is 17.1. The average molecular weight is 490 g/mol. The second-order valence-corrected chi connectivity index (χ2v) is 9.69. The van der Waals surface area contributed by atoms with E-state index < -0.39 is 5.25 Å². The Balaban J connectivity index is 1.23. The van der Waals surface area contributed by atoms with Crippen LogP contribution in [0.5, 0.6) is 17.2 Å². The number of carbonyl (C=O) groups is 2. The van der Waals surface area contributed by atoms with Gasteiger partial charge in [0.15, 0.2) is 0 Å². The lowest BCUT2D eigenvalue weighted by Gasteiger charge is -2.14. The summed E-state index contributed by atoms with van der Waals surface area (Å²) >= 11 is 1.05. The van der Waals surface area contributed by atoms with Crippen LogP contribution in [0, 0.1) is 0 Å². The van der Waals surface area contributed by atoms with E-state index in [0.29, 0.717) is 6.61 Å². The molecular formula is C29H31NO4S. The minimum absolute atomic E-state index is 0.226. The van der Waals surface area contributed by atoms with Crippen LogP contribution in [0.15, 0.2) is 72.8 Å². The molecule has 6 heteroatoms. The van der Waals surface area contributed by atoms with Gasteiger partial charge in [-0.3, -0.25) is 14.9 Å². The lowest BCUT2D eigenvalue weighted by molar-refractivity contribution is -0.119. The van der Waals surface area contributed by atoms with Crippen LogP contribution in [-0.2, 0) is 17.6 Å². The minimum atomic E-state index is -0.433. The molecule has 0 aliphatic carbocycles. The Morgan fingerprint density at radius 3 is 2.49 bits per heavy atom. The van der Waals surface area contributed by atoms with Crippen molar-refractivity contribution in [2.45, 2.75) is 50.7 Å². The van der Waals surface area contributed by atoms with E-state index >= 15 is 0 Å². The van der Waals surface area contributed by atoms with E-state index in [1.165, 1.54) is 11.1 Å². The Kier molecular flexibility index (Phi) is 8.85. The topological polar surface area (TPSA) is 64.6 Å². The Labute approximate surface area is 211 Å². The Morgan fingerprint density at radius 2 is 1.71 bits per heavy atom. The van der Waals surface area contributed by atoms with Gasteiger partial charge in [-0.2, -0.15) is 0 Å². The molecule has 1 aliphatic heterocycles. The summed E-state index contributed by atoms with van der Waals surface area (Å²) in [6, 6.07) is 23.9. The molecule has 1 unspecified atom stereocenters. The van der Waals surface area contributed by atoms with E-state index in [4.69, 9.17) is 9.47 Å². The molecule has 2 amide bonds. The first-order valence-electron chi connectivity index (χ1n) is 12.2. The molecule has 0 spiro atoms. The molecule has 0 radical (unpaired) electrons. The summed E-state index contributed by atoms with van der Waals surface area (Å²) in [4.78, 5) is 23.4. The highest BCUT2D eigenvalue weighted by Gasteiger charge is 2.32. The van der Waals surface area contributed by atoms with Crippen LogP contribution in [0.1, 0.15) is 54.5 Å². The normalized spacial score (nSPS) is 15.2. The van der Waals surface area contributed by atoms with Crippen LogP contribution < -0.4 is 14.8 Å². The number of nitrogens with one attached hydrogen (secondary N) is 1. The molecule has 35 heavy (non-hydrogen) atoms. The summed E-state index contributed by atoms with van der Waals surface area (Å²) in [5, 5.41) is 1.65. The van der Waals surface area contributed by atoms with Crippen molar-refractivity contribution in [1.82, 2.24) is 5.32 Å². The van der Waals surface area contributed by atoms with E-state index in [-0.39, 0.29) is 11.1 Å². The molecule has 1 saturated heterocycles. The third kappa shape index (κ3) is 7.12. The molecule has 3 aromatic carbocycles. The van der Waals surface area contributed by atoms with Crippen molar-refractivity contribution in [2.24, 2.45) is 0 Å². The first kappa shape index (κ1) is 24.9. The zero-order valence-corrected chi connectivity index (χ0v) is 20.8. The van der Waals surface area contributed by atoms with Gasteiger partial charge in [0.25, 0.3) is 5.24 Å². The molecule has 4 rings (SSSR count). The zero-order chi connectivity index (χ0) is 24.5. The van der Waals surface area contributed by atoms with Gasteiger partial charge >= 0.3 is 0 Å². The number of aryl methyl sites for hydroxylation is 2. The number of para-hydroxylation sites is 1. The summed E-state index contributed by atoms with van der Waals surface area (Å²) in [5.41, 5.74) is 3.25. The maximum atomic E-state index is 11.9. The first-order valence-corrected chi connectivity index (χ1v) is 13.1. The second-order valence-electron chi connectivity index (χ2n) is 8.61. The van der Waals surface area contributed by atoms with E-state index in [0.717, 1.165) is 73.1 Å². The number of rotatable bonds is 12. The highest BCUT2D eigenvalue weighted by molar-refractivity contribution is 8.15. The van der Waals surface area contributed by atoms with Crippen molar-refractivity contribution in [3.8, 4) is 17.2 Å². The van der Waals surface area contributed by atoms with E-state index in [1.807, 2.05) is 60.7 Å². The number of benzene rings is 3. The molecule has 5 nitrogen and oxygen atoms in total. The number of hydrogen-bond acceptors (Lipinski definition) is 5. The summed E-state index contributed by atoms with van der Waals surface area (Å²) in [6.07, 6.45) is 6.00. The third-order valence-corrected chi connectivity index (χ3v) is 6.88. The average Bonchev–Trinajstić information content (AvgIpc) is 3.21. The largest absolute Gasteiger partial charge is 0.493 e. The van der Waals surface area contributed by atoms with Crippen LogP contribution >= 0.6 is 11.8 Å². The highest BCUT2D eigenvalue weighted by atomic mass is 32.2. The molecule has 1 heterocycles. The number of carbonyl (C=O) groups excluding carboxylic acids is 2. The van der Waals surface area contributed by atoms with Gasteiger partial charge in [-0.25, -0.2) is 0 Å². The predicted octanol–water partition coefficient (Wildman–Crippen LogP) is 7.25. The zero-order valence-electron chi connectivity index (χ0n) is 20.0. The van der Waals surface area contributed by atoms with Crippen LogP contribution in [-0.4, -0.2) is 17.8 Å². The molecule has 182 valence electrons. The van der Waals surface area contributed by atoms with Gasteiger partial charge in [0.1, 0.15) is 22.5 Å². The third-order valence-electron chi connectivity index (χ3n) is 5.84. The Hall–Kier alpha value is -3.25. The molecule has 0 aromatic heterocycles.